The van der Waals surface area contributed by atoms with Gasteiger partial charge in [-0.15, -0.1) is 4.68 Å². The molecule has 1 amide bonds. The van der Waals surface area contributed by atoms with Gasteiger partial charge >= 0.3 is 0 Å². The second-order valence-electron chi connectivity index (χ2n) is 9.06. The molecule has 0 unspecified atom stereocenters. The van der Waals surface area contributed by atoms with E-state index in [2.05, 4.69) is 15.4 Å². The highest BCUT2D eigenvalue weighted by Gasteiger charge is 2.34. The van der Waals surface area contributed by atoms with E-state index in [1.807, 2.05) is 4.90 Å². The van der Waals surface area contributed by atoms with Gasteiger partial charge in [-0.25, -0.2) is 13.8 Å². The number of pyridine rings is 1. The molecular weight excluding hydrogens is 482 g/mol. The van der Waals surface area contributed by atoms with Gasteiger partial charge in [0, 0.05) is 18.7 Å². The molecule has 1 fully saturated rings. The van der Waals surface area contributed by atoms with E-state index in [9.17, 15) is 14.3 Å². The van der Waals surface area contributed by atoms with Gasteiger partial charge < -0.3 is 25.8 Å². The number of anilines is 2. The van der Waals surface area contributed by atoms with Crippen LogP contribution in [0.3, 0.4) is 0 Å². The minimum Gasteiger partial charge on any atom is -0.496 e. The van der Waals surface area contributed by atoms with E-state index in [-0.39, 0.29) is 52.6 Å². The van der Waals surface area contributed by atoms with Crippen LogP contribution in [0.25, 0.3) is 22.2 Å². The third-order valence-electron chi connectivity index (χ3n) is 6.53. The number of benzene rings is 2. The number of fused-ring (bicyclic) bond motifs is 1. The first-order valence-corrected chi connectivity index (χ1v) is 11.8. The number of aliphatic hydroxyl groups is 1. The molecule has 11 heteroatoms. The van der Waals surface area contributed by atoms with Gasteiger partial charge in [0.25, 0.3) is 5.91 Å². The highest BCUT2D eigenvalue weighted by molar-refractivity contribution is 6.09. The molecule has 5 rings (SSSR count). The minimum atomic E-state index is -0.610. The monoisotopic (exact) mass is 509 g/mol. The fourth-order valence-corrected chi connectivity index (χ4v) is 4.92. The molecule has 192 valence electrons. The van der Waals surface area contributed by atoms with E-state index in [1.54, 1.807) is 36.1 Å². The lowest BCUT2D eigenvalue weighted by molar-refractivity contribution is -0.724. The van der Waals surface area contributed by atoms with Crippen LogP contribution in [-0.4, -0.2) is 53.4 Å². The summed E-state index contributed by atoms with van der Waals surface area (Å²) in [5, 5.41) is 16.2. The van der Waals surface area contributed by atoms with Gasteiger partial charge in [-0.1, -0.05) is 12.1 Å². The number of methoxy groups -OCH3 is 1. The molecule has 5 N–H and O–H groups in total. The van der Waals surface area contributed by atoms with Crippen LogP contribution in [0.5, 0.6) is 5.75 Å². The number of aryl methyl sites for hydroxylation is 1. The van der Waals surface area contributed by atoms with Crippen molar-refractivity contribution in [1.82, 2.24) is 10.1 Å². The topological polar surface area (TPSA) is 120 Å². The summed E-state index contributed by atoms with van der Waals surface area (Å²) in [6.07, 6.45) is 2.26. The lowest BCUT2D eigenvalue weighted by Crippen LogP contribution is -2.34. The summed E-state index contributed by atoms with van der Waals surface area (Å²) in [6, 6.07) is 9.79. The van der Waals surface area contributed by atoms with E-state index < -0.39 is 17.5 Å². The van der Waals surface area contributed by atoms with Crippen molar-refractivity contribution in [3.63, 3.8) is 0 Å². The van der Waals surface area contributed by atoms with Crippen molar-refractivity contribution in [1.29, 1.82) is 0 Å². The van der Waals surface area contributed by atoms with E-state index in [1.165, 1.54) is 31.4 Å². The fraction of sp³-hybridized carbons (Fsp3) is 0.269. The summed E-state index contributed by atoms with van der Waals surface area (Å²) in [5.41, 5.74) is 7.54. The summed E-state index contributed by atoms with van der Waals surface area (Å²) in [7, 11) is 3.15. The second kappa shape index (κ2) is 9.75. The molecule has 2 aromatic carbocycles. The molecule has 1 aliphatic rings. The molecule has 9 nitrogen and oxygen atoms in total. The third kappa shape index (κ3) is 4.47. The van der Waals surface area contributed by atoms with Gasteiger partial charge in [0.1, 0.15) is 22.8 Å². The Bertz CT molecular complexity index is 1490. The molecule has 2 atom stereocenters. The van der Waals surface area contributed by atoms with Crippen LogP contribution in [0.15, 0.2) is 48.7 Å². The van der Waals surface area contributed by atoms with Crippen molar-refractivity contribution in [3.05, 3.63) is 66.0 Å². The van der Waals surface area contributed by atoms with E-state index in [0.717, 1.165) is 0 Å². The number of nitrogens with two attached hydrogens (primary N) is 1. The number of amides is 1. The normalized spacial score (nSPS) is 17.4. The highest BCUT2D eigenvalue weighted by atomic mass is 19.1. The Morgan fingerprint density at radius 2 is 2.08 bits per heavy atom. The molecule has 2 aromatic heterocycles. The predicted molar refractivity (Wildman–Crippen MR) is 134 cm³/mol. The van der Waals surface area contributed by atoms with Crippen LogP contribution in [0.4, 0.5) is 20.2 Å². The Labute approximate surface area is 211 Å². The van der Waals surface area contributed by atoms with Crippen LogP contribution in [0, 0.1) is 11.6 Å². The molecule has 3 heterocycles. The standard InChI is InChI=1S/C26H26F2N6O3/c1-33-12-16-24(32-33)18(28)10-21(25(16)34-11-14(29)9-15(34)13-35)31-26(36)20-7-4-6-19(30-20)23-17(27)5-3-8-22(23)37-2/h3-8,10,12,14-15,35H,9,11,13,29H2,1-2H3,(H,31,36)/p+1/t14-,15-/m0/s1. The number of ether oxygens (including phenoxy) is 1. The van der Waals surface area contributed by atoms with Crippen molar-refractivity contribution in [2.75, 3.05) is 30.5 Å². The summed E-state index contributed by atoms with van der Waals surface area (Å²) in [6.45, 7) is 0.273. The van der Waals surface area contributed by atoms with Gasteiger partial charge in [-0.2, -0.15) is 5.10 Å². The summed E-state index contributed by atoms with van der Waals surface area (Å²) >= 11 is 0. The number of carbonyl (C=O) groups excluding carboxylic acids is 1. The number of aromatic nitrogens is 3. The van der Waals surface area contributed by atoms with Crippen LogP contribution in [0.2, 0.25) is 0 Å². The quantitative estimate of drug-likeness (QED) is 0.297. The fourth-order valence-electron chi connectivity index (χ4n) is 4.92. The summed E-state index contributed by atoms with van der Waals surface area (Å²) < 4.78 is 36.6. The van der Waals surface area contributed by atoms with Gasteiger partial charge in [0.2, 0.25) is 6.20 Å². The largest absolute Gasteiger partial charge is 0.496 e. The van der Waals surface area contributed by atoms with E-state index in [0.29, 0.717) is 24.0 Å². The van der Waals surface area contributed by atoms with Crippen LogP contribution < -0.4 is 25.4 Å². The Hall–Kier alpha value is -4.09. The Balaban J connectivity index is 1.57. The Morgan fingerprint density at radius 3 is 2.84 bits per heavy atom. The van der Waals surface area contributed by atoms with Gasteiger partial charge in [0.05, 0.1) is 47.8 Å². The molecule has 1 saturated heterocycles. The lowest BCUT2D eigenvalue weighted by Gasteiger charge is -2.28. The van der Waals surface area contributed by atoms with Gasteiger partial charge in [-0.3, -0.25) is 4.79 Å². The number of hydrogen-bond donors (Lipinski definition) is 4. The van der Waals surface area contributed by atoms with Crippen LogP contribution in [0.1, 0.15) is 16.9 Å². The zero-order valence-electron chi connectivity index (χ0n) is 20.3. The van der Waals surface area contributed by atoms with Crippen molar-refractivity contribution in [2.24, 2.45) is 12.8 Å². The zero-order chi connectivity index (χ0) is 26.3. The lowest BCUT2D eigenvalue weighted by atomic mass is 10.1. The number of carbonyl (C=O) groups is 1. The maximum Gasteiger partial charge on any atom is 0.274 e. The van der Waals surface area contributed by atoms with Crippen molar-refractivity contribution in [3.8, 4) is 17.0 Å². The smallest absolute Gasteiger partial charge is 0.274 e. The third-order valence-corrected chi connectivity index (χ3v) is 6.53. The molecule has 37 heavy (non-hydrogen) atoms. The zero-order valence-corrected chi connectivity index (χ0v) is 20.3. The van der Waals surface area contributed by atoms with Crippen molar-refractivity contribution in [2.45, 2.75) is 18.5 Å². The first kappa shape index (κ1) is 24.6. The Morgan fingerprint density at radius 1 is 1.30 bits per heavy atom. The molecule has 0 radical (unpaired) electrons. The second-order valence-corrected chi connectivity index (χ2v) is 9.06. The summed E-state index contributed by atoms with van der Waals surface area (Å²) in [4.78, 5) is 19.6. The van der Waals surface area contributed by atoms with Gasteiger partial charge in [-0.05, 0) is 30.7 Å². The minimum absolute atomic E-state index is 0.00529. The Kier molecular flexibility index (Phi) is 6.48. The molecule has 0 bridgehead atoms. The van der Waals surface area contributed by atoms with Crippen LogP contribution in [-0.2, 0) is 7.05 Å². The number of nitrogens with zero attached hydrogens (tertiary/aromatic N) is 3. The SMILES string of the molecule is COc1cccc(F)c1-c1cccc(C(=O)Nc2cc(F)c3[nH][n+](C)cc3c2N2C[C@@H](N)C[C@H]2CO)n1. The number of hydrogen-bond acceptors (Lipinski definition) is 6. The number of H-pyrrole nitrogens is 1. The molecule has 0 spiro atoms. The number of rotatable bonds is 6. The highest BCUT2D eigenvalue weighted by Crippen LogP contribution is 2.39. The molecule has 0 aliphatic carbocycles. The van der Waals surface area contributed by atoms with Crippen molar-refractivity contribution >= 4 is 28.2 Å². The van der Waals surface area contributed by atoms with Gasteiger partial charge in [0.15, 0.2) is 12.9 Å². The van der Waals surface area contributed by atoms with E-state index in [4.69, 9.17) is 10.5 Å². The molecular formula is C26H27F2N6O3+. The van der Waals surface area contributed by atoms with Crippen molar-refractivity contribution < 1.29 is 28.1 Å². The number of aliphatic hydroxyl groups excluding tert-OH is 1. The first-order chi connectivity index (χ1) is 17.8. The van der Waals surface area contributed by atoms with E-state index >= 15 is 4.39 Å². The van der Waals surface area contributed by atoms with Crippen LogP contribution >= 0.6 is 0 Å². The maximum atomic E-state index is 15.1. The maximum absolute atomic E-state index is 15.1. The molecule has 1 aliphatic heterocycles. The predicted octanol–water partition coefficient (Wildman–Crippen LogP) is 2.49. The molecule has 0 saturated carbocycles. The summed E-state index contributed by atoms with van der Waals surface area (Å²) in [5.74, 6) is -1.43. The average Bonchev–Trinajstić information content (AvgIpc) is 3.46. The number of nitrogens with one attached hydrogen (secondary N) is 2. The first-order valence-electron chi connectivity index (χ1n) is 11.8. The number of aromatic amines is 1. The molecule has 4 aromatic rings. The average molecular weight is 510 g/mol. The number of halogens is 2.